The van der Waals surface area contributed by atoms with Crippen molar-refractivity contribution in [1.29, 1.82) is 0 Å². The first-order valence-electron chi connectivity index (χ1n) is 5.51. The number of sulfone groups is 1. The first-order chi connectivity index (χ1) is 8.76. The molecule has 0 saturated heterocycles. The van der Waals surface area contributed by atoms with Crippen LogP contribution in [0.4, 0.5) is 10.2 Å². The Labute approximate surface area is 111 Å². The lowest BCUT2D eigenvalue weighted by Crippen LogP contribution is -2.32. The summed E-state index contributed by atoms with van der Waals surface area (Å²) in [7, 11) is -0.254. The molecule has 0 aliphatic rings. The van der Waals surface area contributed by atoms with Gasteiger partial charge in [0.2, 0.25) is 0 Å². The van der Waals surface area contributed by atoms with Gasteiger partial charge in [-0.25, -0.2) is 17.8 Å². The fourth-order valence-corrected chi connectivity index (χ4v) is 2.00. The maximum atomic E-state index is 13.9. The molecule has 0 spiro atoms. The number of carbonyl (C=O) groups excluding carboxylic acids is 1. The molecule has 0 saturated carbocycles. The summed E-state index contributed by atoms with van der Waals surface area (Å²) < 4.78 is 35.9. The SMILES string of the molecule is CNc1nccc(C(=O)N(C)CCS(C)(=O)=O)c1F. The number of nitrogens with one attached hydrogen (secondary N) is 1. The van der Waals surface area contributed by atoms with Crippen molar-refractivity contribution in [3.63, 3.8) is 0 Å². The molecule has 106 valence electrons. The number of rotatable bonds is 5. The first-order valence-corrected chi connectivity index (χ1v) is 7.57. The molecule has 1 aromatic rings. The molecule has 1 aromatic heterocycles. The Morgan fingerprint density at radius 1 is 1.53 bits per heavy atom. The minimum Gasteiger partial charge on any atom is -0.371 e. The number of carbonyl (C=O) groups is 1. The van der Waals surface area contributed by atoms with Gasteiger partial charge < -0.3 is 10.2 Å². The minimum atomic E-state index is -3.17. The van der Waals surface area contributed by atoms with Gasteiger partial charge in [0.05, 0.1) is 11.3 Å². The third kappa shape index (κ3) is 4.16. The molecule has 0 aliphatic heterocycles. The second-order valence-electron chi connectivity index (χ2n) is 4.13. The molecule has 0 unspecified atom stereocenters. The minimum absolute atomic E-state index is 0.00825. The van der Waals surface area contributed by atoms with E-state index in [4.69, 9.17) is 0 Å². The van der Waals surface area contributed by atoms with Crippen molar-refractivity contribution in [2.24, 2.45) is 0 Å². The van der Waals surface area contributed by atoms with Gasteiger partial charge >= 0.3 is 0 Å². The summed E-state index contributed by atoms with van der Waals surface area (Å²) in [5.74, 6) is -1.52. The number of nitrogens with zero attached hydrogens (tertiary/aromatic N) is 2. The quantitative estimate of drug-likeness (QED) is 0.847. The van der Waals surface area contributed by atoms with Gasteiger partial charge in [0.15, 0.2) is 11.6 Å². The Hall–Kier alpha value is -1.70. The number of aromatic nitrogens is 1. The van der Waals surface area contributed by atoms with E-state index < -0.39 is 21.6 Å². The summed E-state index contributed by atoms with van der Waals surface area (Å²) in [6, 6.07) is 1.26. The van der Waals surface area contributed by atoms with Gasteiger partial charge in [-0.2, -0.15) is 0 Å². The predicted octanol–water partition coefficient (Wildman–Crippen LogP) is 0.379. The number of hydrogen-bond donors (Lipinski definition) is 1. The molecule has 1 rings (SSSR count). The van der Waals surface area contributed by atoms with E-state index in [0.29, 0.717) is 0 Å². The van der Waals surface area contributed by atoms with Crippen LogP contribution in [0.15, 0.2) is 12.3 Å². The molecule has 8 heteroatoms. The summed E-state index contributed by atoms with van der Waals surface area (Å²) >= 11 is 0. The molecule has 0 fully saturated rings. The Morgan fingerprint density at radius 2 is 2.16 bits per heavy atom. The average Bonchev–Trinajstić information content (AvgIpc) is 2.34. The molecule has 19 heavy (non-hydrogen) atoms. The van der Waals surface area contributed by atoms with E-state index in [1.165, 1.54) is 31.3 Å². The van der Waals surface area contributed by atoms with Gasteiger partial charge in [0, 0.05) is 33.1 Å². The number of halogens is 1. The largest absolute Gasteiger partial charge is 0.371 e. The van der Waals surface area contributed by atoms with Crippen LogP contribution in [0.5, 0.6) is 0 Å². The van der Waals surface area contributed by atoms with Crippen LogP contribution in [0.2, 0.25) is 0 Å². The average molecular weight is 289 g/mol. The summed E-state index contributed by atoms with van der Waals surface area (Å²) in [5, 5.41) is 2.53. The molecule has 1 N–H and O–H groups in total. The van der Waals surface area contributed by atoms with Gasteiger partial charge in [-0.3, -0.25) is 4.79 Å². The number of pyridine rings is 1. The van der Waals surface area contributed by atoms with E-state index in [1.54, 1.807) is 0 Å². The highest BCUT2D eigenvalue weighted by molar-refractivity contribution is 7.90. The van der Waals surface area contributed by atoms with Crippen molar-refractivity contribution < 1.29 is 17.6 Å². The van der Waals surface area contributed by atoms with E-state index >= 15 is 0 Å². The third-order valence-corrected chi connectivity index (χ3v) is 3.42. The monoisotopic (exact) mass is 289 g/mol. The fourth-order valence-electron chi connectivity index (χ4n) is 1.39. The van der Waals surface area contributed by atoms with Gasteiger partial charge in [0.25, 0.3) is 5.91 Å². The molecule has 0 aromatic carbocycles. The fraction of sp³-hybridized carbons (Fsp3) is 0.455. The van der Waals surface area contributed by atoms with Crippen molar-refractivity contribution >= 4 is 21.6 Å². The summed E-state index contributed by atoms with van der Waals surface area (Å²) in [4.78, 5) is 16.9. The summed E-state index contributed by atoms with van der Waals surface area (Å²) in [6.07, 6.45) is 2.39. The highest BCUT2D eigenvalue weighted by atomic mass is 32.2. The lowest BCUT2D eigenvalue weighted by Gasteiger charge is -2.17. The standard InChI is InChI=1S/C11H16FN3O3S/c1-13-10-9(12)8(4-5-14-10)11(16)15(2)6-7-19(3,17)18/h4-5H,6-7H2,1-3H3,(H,13,14). The van der Waals surface area contributed by atoms with Gasteiger partial charge in [-0.1, -0.05) is 0 Å². The molecule has 1 heterocycles. The van der Waals surface area contributed by atoms with E-state index in [2.05, 4.69) is 10.3 Å². The van der Waals surface area contributed by atoms with Crippen molar-refractivity contribution in [1.82, 2.24) is 9.88 Å². The lowest BCUT2D eigenvalue weighted by molar-refractivity contribution is 0.0799. The van der Waals surface area contributed by atoms with Crippen molar-refractivity contribution in [2.45, 2.75) is 0 Å². The van der Waals surface area contributed by atoms with Crippen LogP contribution in [-0.4, -0.2) is 56.9 Å². The Balaban J connectivity index is 2.88. The van der Waals surface area contributed by atoms with E-state index in [-0.39, 0.29) is 23.7 Å². The number of amides is 1. The molecular weight excluding hydrogens is 273 g/mol. The number of hydrogen-bond acceptors (Lipinski definition) is 5. The van der Waals surface area contributed by atoms with Crippen LogP contribution in [0.3, 0.4) is 0 Å². The van der Waals surface area contributed by atoms with Crippen LogP contribution < -0.4 is 5.32 Å². The van der Waals surface area contributed by atoms with Crippen molar-refractivity contribution in [3.05, 3.63) is 23.6 Å². The van der Waals surface area contributed by atoms with E-state index in [1.807, 2.05) is 0 Å². The van der Waals surface area contributed by atoms with Gasteiger partial charge in [0.1, 0.15) is 9.84 Å². The smallest absolute Gasteiger partial charge is 0.256 e. The second-order valence-corrected chi connectivity index (χ2v) is 6.39. The van der Waals surface area contributed by atoms with Crippen LogP contribution in [0.25, 0.3) is 0 Å². The first kappa shape index (κ1) is 15.4. The Bertz CT molecular complexity index is 575. The lowest BCUT2D eigenvalue weighted by atomic mass is 10.2. The molecule has 0 atom stereocenters. The van der Waals surface area contributed by atoms with E-state index in [9.17, 15) is 17.6 Å². The van der Waals surface area contributed by atoms with Crippen LogP contribution in [0.1, 0.15) is 10.4 Å². The molecule has 0 aliphatic carbocycles. The van der Waals surface area contributed by atoms with Gasteiger partial charge in [-0.15, -0.1) is 0 Å². The molecule has 1 amide bonds. The van der Waals surface area contributed by atoms with Gasteiger partial charge in [-0.05, 0) is 6.07 Å². The molecule has 0 radical (unpaired) electrons. The van der Waals surface area contributed by atoms with Crippen molar-refractivity contribution in [3.8, 4) is 0 Å². The second kappa shape index (κ2) is 5.96. The third-order valence-electron chi connectivity index (χ3n) is 2.50. The summed E-state index contributed by atoms with van der Waals surface area (Å²) in [6.45, 7) is 0.00825. The zero-order chi connectivity index (χ0) is 14.6. The molecule has 6 nitrogen and oxygen atoms in total. The van der Waals surface area contributed by atoms with Crippen LogP contribution >= 0.6 is 0 Å². The highest BCUT2D eigenvalue weighted by Crippen LogP contribution is 2.15. The van der Waals surface area contributed by atoms with Crippen LogP contribution in [-0.2, 0) is 9.84 Å². The Kier molecular flexibility index (Phi) is 4.82. The molecule has 0 bridgehead atoms. The maximum absolute atomic E-state index is 13.9. The number of anilines is 1. The highest BCUT2D eigenvalue weighted by Gasteiger charge is 2.19. The maximum Gasteiger partial charge on any atom is 0.256 e. The Morgan fingerprint density at radius 3 is 2.68 bits per heavy atom. The topological polar surface area (TPSA) is 79.4 Å². The predicted molar refractivity (Wildman–Crippen MR) is 70.4 cm³/mol. The van der Waals surface area contributed by atoms with Crippen molar-refractivity contribution in [2.75, 3.05) is 38.0 Å². The normalized spacial score (nSPS) is 11.2. The van der Waals surface area contributed by atoms with E-state index in [0.717, 1.165) is 6.26 Å². The molecular formula is C11H16FN3O3S. The van der Waals surface area contributed by atoms with Crippen LogP contribution in [0, 0.1) is 5.82 Å². The zero-order valence-electron chi connectivity index (χ0n) is 11.0. The zero-order valence-corrected chi connectivity index (χ0v) is 11.8. The summed E-state index contributed by atoms with van der Waals surface area (Å²) in [5.41, 5.74) is -0.143.